The van der Waals surface area contributed by atoms with Gasteiger partial charge in [-0.3, -0.25) is 10.1 Å². The minimum absolute atomic E-state index is 0.0971. The van der Waals surface area contributed by atoms with Gasteiger partial charge in [-0.15, -0.1) is 0 Å². The predicted octanol–water partition coefficient (Wildman–Crippen LogP) is 3.00. The highest BCUT2D eigenvalue weighted by Gasteiger charge is 2.18. The van der Waals surface area contributed by atoms with Gasteiger partial charge in [-0.05, 0) is 35.4 Å². The van der Waals surface area contributed by atoms with Crippen molar-refractivity contribution in [2.75, 3.05) is 13.3 Å². The molecular weight excluding hydrogens is 344 g/mol. The molecule has 1 amide bonds. The zero-order valence-electron chi connectivity index (χ0n) is 14.7. The highest BCUT2D eigenvalue weighted by molar-refractivity contribution is 5.78. The SMILES string of the molecule is O=C(CN[C@@H](c1ccccc1)c1ccco1)NCc1ccc2c(c1)OCO2. The molecule has 138 valence electrons. The van der Waals surface area contributed by atoms with Gasteiger partial charge >= 0.3 is 0 Å². The first-order valence-electron chi connectivity index (χ1n) is 8.76. The summed E-state index contributed by atoms with van der Waals surface area (Å²) in [6, 6.07) is 19.1. The van der Waals surface area contributed by atoms with Crippen molar-refractivity contribution in [3.63, 3.8) is 0 Å². The summed E-state index contributed by atoms with van der Waals surface area (Å²) in [5, 5.41) is 6.18. The quantitative estimate of drug-likeness (QED) is 0.674. The fraction of sp³-hybridized carbons (Fsp3) is 0.190. The first-order valence-corrected chi connectivity index (χ1v) is 8.76. The molecule has 2 heterocycles. The lowest BCUT2D eigenvalue weighted by atomic mass is 10.0. The third-order valence-corrected chi connectivity index (χ3v) is 4.35. The number of nitrogens with one attached hydrogen (secondary N) is 2. The molecule has 0 aliphatic carbocycles. The van der Waals surface area contributed by atoms with Crippen molar-refractivity contribution in [2.45, 2.75) is 12.6 Å². The van der Waals surface area contributed by atoms with Crippen LogP contribution in [-0.2, 0) is 11.3 Å². The number of furan rings is 1. The molecule has 2 aromatic carbocycles. The van der Waals surface area contributed by atoms with Crippen LogP contribution in [0.2, 0.25) is 0 Å². The molecule has 6 nitrogen and oxygen atoms in total. The van der Waals surface area contributed by atoms with Crippen LogP contribution in [0.25, 0.3) is 0 Å². The van der Waals surface area contributed by atoms with Crippen LogP contribution >= 0.6 is 0 Å². The summed E-state index contributed by atoms with van der Waals surface area (Å²) < 4.78 is 16.2. The van der Waals surface area contributed by atoms with E-state index < -0.39 is 0 Å². The van der Waals surface area contributed by atoms with Crippen LogP contribution in [0.5, 0.6) is 11.5 Å². The summed E-state index contributed by atoms with van der Waals surface area (Å²) in [5.74, 6) is 2.11. The minimum Gasteiger partial charge on any atom is -0.467 e. The van der Waals surface area contributed by atoms with E-state index >= 15 is 0 Å². The molecule has 0 spiro atoms. The number of rotatable bonds is 7. The Morgan fingerprint density at radius 1 is 1.00 bits per heavy atom. The second-order valence-electron chi connectivity index (χ2n) is 6.20. The second-order valence-corrected chi connectivity index (χ2v) is 6.20. The average molecular weight is 364 g/mol. The number of hydrogen-bond donors (Lipinski definition) is 2. The summed E-state index contributed by atoms with van der Waals surface area (Å²) >= 11 is 0. The van der Waals surface area contributed by atoms with Crippen molar-refractivity contribution in [1.82, 2.24) is 10.6 Å². The van der Waals surface area contributed by atoms with Crippen LogP contribution in [-0.4, -0.2) is 19.2 Å². The maximum Gasteiger partial charge on any atom is 0.234 e. The van der Waals surface area contributed by atoms with Crippen molar-refractivity contribution in [2.24, 2.45) is 0 Å². The summed E-state index contributed by atoms with van der Waals surface area (Å²) in [4.78, 5) is 12.3. The van der Waals surface area contributed by atoms with E-state index in [1.54, 1.807) is 6.26 Å². The molecule has 0 saturated carbocycles. The fourth-order valence-electron chi connectivity index (χ4n) is 2.99. The number of amides is 1. The summed E-state index contributed by atoms with van der Waals surface area (Å²) in [6.07, 6.45) is 1.63. The van der Waals surface area contributed by atoms with Gasteiger partial charge in [-0.2, -0.15) is 0 Å². The Bertz CT molecular complexity index is 894. The van der Waals surface area contributed by atoms with E-state index in [2.05, 4.69) is 10.6 Å². The monoisotopic (exact) mass is 364 g/mol. The number of benzene rings is 2. The first-order chi connectivity index (χ1) is 13.3. The van der Waals surface area contributed by atoms with Gasteiger partial charge in [0, 0.05) is 6.54 Å². The van der Waals surface area contributed by atoms with E-state index in [4.69, 9.17) is 13.9 Å². The number of hydrogen-bond acceptors (Lipinski definition) is 5. The third kappa shape index (κ3) is 4.12. The van der Waals surface area contributed by atoms with Gasteiger partial charge in [0.2, 0.25) is 12.7 Å². The van der Waals surface area contributed by atoms with Crippen LogP contribution in [0.1, 0.15) is 22.9 Å². The lowest BCUT2D eigenvalue weighted by Crippen LogP contribution is -2.35. The molecule has 1 aliphatic heterocycles. The van der Waals surface area contributed by atoms with Crippen molar-refractivity contribution in [1.29, 1.82) is 0 Å². The van der Waals surface area contributed by atoms with Crippen LogP contribution in [0.3, 0.4) is 0 Å². The van der Waals surface area contributed by atoms with E-state index in [9.17, 15) is 4.79 Å². The fourth-order valence-corrected chi connectivity index (χ4v) is 2.99. The molecule has 4 rings (SSSR count). The van der Waals surface area contributed by atoms with Crippen LogP contribution < -0.4 is 20.1 Å². The number of ether oxygens (including phenoxy) is 2. The maximum atomic E-state index is 12.3. The average Bonchev–Trinajstić information content (AvgIpc) is 3.39. The van der Waals surface area contributed by atoms with Gasteiger partial charge in [-0.25, -0.2) is 0 Å². The molecule has 6 heteroatoms. The summed E-state index contributed by atoms with van der Waals surface area (Å²) in [6.45, 7) is 0.835. The minimum atomic E-state index is -0.183. The van der Waals surface area contributed by atoms with Crippen molar-refractivity contribution >= 4 is 5.91 Å². The van der Waals surface area contributed by atoms with Gasteiger partial charge in [0.25, 0.3) is 0 Å². The molecule has 3 aromatic rings. The smallest absolute Gasteiger partial charge is 0.234 e. The zero-order valence-corrected chi connectivity index (χ0v) is 14.7. The molecule has 0 radical (unpaired) electrons. The van der Waals surface area contributed by atoms with Crippen molar-refractivity contribution in [3.05, 3.63) is 83.8 Å². The molecule has 0 unspecified atom stereocenters. The number of fused-ring (bicyclic) bond motifs is 1. The molecule has 1 atom stereocenters. The number of carbonyl (C=O) groups excluding carboxylic acids is 1. The van der Waals surface area contributed by atoms with Gasteiger partial charge in [0.1, 0.15) is 5.76 Å². The Hall–Kier alpha value is -3.25. The Labute approximate surface area is 157 Å². The lowest BCUT2D eigenvalue weighted by molar-refractivity contribution is -0.120. The van der Waals surface area contributed by atoms with Gasteiger partial charge in [-0.1, -0.05) is 36.4 Å². The molecule has 0 fully saturated rings. The number of carbonyl (C=O) groups is 1. The standard InChI is InChI=1S/C21H20N2O4/c24-20(22-12-15-8-9-17-19(11-15)27-14-26-17)13-23-21(18-7-4-10-25-18)16-5-2-1-3-6-16/h1-11,21,23H,12-14H2,(H,22,24)/t21-/m0/s1. The van der Waals surface area contributed by atoms with Crippen molar-refractivity contribution < 1.29 is 18.7 Å². The topological polar surface area (TPSA) is 72.7 Å². The Morgan fingerprint density at radius 3 is 2.67 bits per heavy atom. The van der Waals surface area contributed by atoms with Crippen LogP contribution in [0.4, 0.5) is 0 Å². The lowest BCUT2D eigenvalue weighted by Gasteiger charge is -2.17. The van der Waals surface area contributed by atoms with Gasteiger partial charge < -0.3 is 19.2 Å². The Morgan fingerprint density at radius 2 is 1.85 bits per heavy atom. The van der Waals surface area contributed by atoms with Crippen LogP contribution in [0.15, 0.2) is 71.3 Å². The third-order valence-electron chi connectivity index (χ3n) is 4.35. The van der Waals surface area contributed by atoms with Crippen LogP contribution in [0, 0.1) is 0 Å². The van der Waals surface area contributed by atoms with E-state index in [1.807, 2.05) is 60.7 Å². The van der Waals surface area contributed by atoms with Gasteiger partial charge in [0.15, 0.2) is 11.5 Å². The molecule has 1 aliphatic rings. The van der Waals surface area contributed by atoms with Gasteiger partial charge in [0.05, 0.1) is 18.8 Å². The summed E-state index contributed by atoms with van der Waals surface area (Å²) in [5.41, 5.74) is 1.99. The summed E-state index contributed by atoms with van der Waals surface area (Å²) in [7, 11) is 0. The van der Waals surface area contributed by atoms with E-state index in [-0.39, 0.29) is 25.3 Å². The highest BCUT2D eigenvalue weighted by atomic mass is 16.7. The molecule has 27 heavy (non-hydrogen) atoms. The predicted molar refractivity (Wildman–Crippen MR) is 99.4 cm³/mol. The Kier molecular flexibility index (Phi) is 5.07. The normalized spacial score (nSPS) is 13.3. The van der Waals surface area contributed by atoms with E-state index in [0.29, 0.717) is 12.3 Å². The molecule has 0 bridgehead atoms. The van der Waals surface area contributed by atoms with E-state index in [1.165, 1.54) is 0 Å². The van der Waals surface area contributed by atoms with Crippen molar-refractivity contribution in [3.8, 4) is 11.5 Å². The molecule has 0 saturated heterocycles. The molecular formula is C21H20N2O4. The molecule has 2 N–H and O–H groups in total. The Balaban J connectivity index is 1.34. The highest BCUT2D eigenvalue weighted by Crippen LogP contribution is 2.32. The maximum absolute atomic E-state index is 12.3. The first kappa shape index (κ1) is 17.2. The molecule has 1 aromatic heterocycles. The van der Waals surface area contributed by atoms with E-state index in [0.717, 1.165) is 22.6 Å². The zero-order chi connectivity index (χ0) is 18.5. The largest absolute Gasteiger partial charge is 0.467 e. The second kappa shape index (κ2) is 7.97.